The molecule has 2 unspecified atom stereocenters. The number of hydrogen-bond acceptors (Lipinski definition) is 2. The zero-order valence-electron chi connectivity index (χ0n) is 9.45. The fraction of sp³-hybridized carbons (Fsp3) is 1.00. The summed E-state index contributed by atoms with van der Waals surface area (Å²) in [5.74, 6) is 0.315. The molecule has 1 aliphatic carbocycles. The van der Waals surface area contributed by atoms with Gasteiger partial charge in [-0.25, -0.2) is 4.21 Å². The molecule has 1 aliphatic rings. The van der Waals surface area contributed by atoms with Gasteiger partial charge in [-0.3, -0.25) is 0 Å². The van der Waals surface area contributed by atoms with E-state index < -0.39 is 19.4 Å². The minimum atomic E-state index is -2.11. The molecular formula is C10H22O3SSi. The average molecular weight is 250 g/mol. The van der Waals surface area contributed by atoms with Gasteiger partial charge in [-0.05, 0) is 24.6 Å². The summed E-state index contributed by atoms with van der Waals surface area (Å²) in [6.07, 6.45) is 6.84. The van der Waals surface area contributed by atoms with Gasteiger partial charge in [-0.15, -0.1) is 0 Å². The van der Waals surface area contributed by atoms with E-state index in [1.807, 2.05) is 6.55 Å². The second kappa shape index (κ2) is 6.13. The summed E-state index contributed by atoms with van der Waals surface area (Å²) in [6, 6.07) is 0.782. The maximum Gasteiger partial charge on any atom is 0.188 e. The molecule has 0 heterocycles. The van der Waals surface area contributed by atoms with Crippen LogP contribution in [0.4, 0.5) is 0 Å². The van der Waals surface area contributed by atoms with E-state index in [9.17, 15) is 9.00 Å². The first-order valence-corrected chi connectivity index (χ1v) is 9.83. The lowest BCUT2D eigenvalue weighted by atomic mass is 10.0. The predicted octanol–water partition coefficient (Wildman–Crippen LogP) is 2.50. The lowest BCUT2D eigenvalue weighted by Gasteiger charge is -2.33. The van der Waals surface area contributed by atoms with Crippen molar-refractivity contribution in [2.45, 2.75) is 56.7 Å². The van der Waals surface area contributed by atoms with Gasteiger partial charge < -0.3 is 9.35 Å². The van der Waals surface area contributed by atoms with Crippen LogP contribution in [0.1, 0.15) is 38.5 Å². The standard InChI is InChI=1S/C10H22O3SSi/c1-15(13,9-5-8-14(11)12)10-6-3-2-4-7-10/h10,13H,2-9H2,1H3,(H,11,12). The van der Waals surface area contributed by atoms with E-state index >= 15 is 0 Å². The molecule has 0 spiro atoms. The maximum atomic E-state index is 10.5. The van der Waals surface area contributed by atoms with Crippen LogP contribution in [0.3, 0.4) is 0 Å². The van der Waals surface area contributed by atoms with Gasteiger partial charge in [-0.1, -0.05) is 32.1 Å². The number of rotatable bonds is 5. The highest BCUT2D eigenvalue weighted by molar-refractivity contribution is 7.79. The molecule has 0 saturated heterocycles. The largest absolute Gasteiger partial charge is 0.432 e. The van der Waals surface area contributed by atoms with Crippen molar-refractivity contribution in [2.24, 2.45) is 0 Å². The molecule has 90 valence electrons. The van der Waals surface area contributed by atoms with E-state index in [0.29, 0.717) is 17.7 Å². The van der Waals surface area contributed by atoms with Gasteiger partial charge in [0.25, 0.3) is 0 Å². The second-order valence-corrected chi connectivity index (χ2v) is 9.90. The van der Waals surface area contributed by atoms with Crippen molar-refractivity contribution in [2.75, 3.05) is 5.75 Å². The molecule has 0 aromatic carbocycles. The van der Waals surface area contributed by atoms with Crippen LogP contribution in [0, 0.1) is 0 Å². The van der Waals surface area contributed by atoms with Gasteiger partial charge in [-0.2, -0.15) is 0 Å². The zero-order chi connectivity index (χ0) is 11.3. The summed E-state index contributed by atoms with van der Waals surface area (Å²) in [5.41, 5.74) is 0.526. The topological polar surface area (TPSA) is 57.5 Å². The maximum absolute atomic E-state index is 10.5. The van der Waals surface area contributed by atoms with E-state index in [1.54, 1.807) is 0 Å². The van der Waals surface area contributed by atoms with Crippen molar-refractivity contribution >= 4 is 19.4 Å². The van der Waals surface area contributed by atoms with E-state index in [-0.39, 0.29) is 0 Å². The molecule has 3 nitrogen and oxygen atoms in total. The van der Waals surface area contributed by atoms with E-state index in [1.165, 1.54) is 32.1 Å². The van der Waals surface area contributed by atoms with E-state index in [0.717, 1.165) is 6.04 Å². The molecule has 2 N–H and O–H groups in total. The highest BCUT2D eigenvalue weighted by Gasteiger charge is 2.35. The van der Waals surface area contributed by atoms with Crippen LogP contribution in [-0.2, 0) is 11.1 Å². The monoisotopic (exact) mass is 250 g/mol. The van der Waals surface area contributed by atoms with Crippen LogP contribution in [0.25, 0.3) is 0 Å². The molecule has 0 aromatic heterocycles. The third-order valence-electron chi connectivity index (χ3n) is 3.49. The first kappa shape index (κ1) is 13.4. The fourth-order valence-corrected chi connectivity index (χ4v) is 6.08. The minimum absolute atomic E-state index is 0.315. The molecule has 0 aliphatic heterocycles. The van der Waals surface area contributed by atoms with Crippen molar-refractivity contribution in [1.29, 1.82) is 0 Å². The Morgan fingerprint density at radius 3 is 2.47 bits per heavy atom. The second-order valence-electron chi connectivity index (χ2n) is 4.82. The molecule has 5 heteroatoms. The Morgan fingerprint density at radius 2 is 1.93 bits per heavy atom. The first-order valence-electron chi connectivity index (χ1n) is 5.82. The first-order chi connectivity index (χ1) is 7.02. The van der Waals surface area contributed by atoms with Gasteiger partial charge >= 0.3 is 0 Å². The Kier molecular flexibility index (Phi) is 5.46. The van der Waals surface area contributed by atoms with Gasteiger partial charge in [0.1, 0.15) is 0 Å². The van der Waals surface area contributed by atoms with Crippen LogP contribution in [-0.4, -0.2) is 27.6 Å². The Morgan fingerprint density at radius 1 is 1.33 bits per heavy atom. The molecule has 0 amide bonds. The summed E-state index contributed by atoms with van der Waals surface area (Å²) in [7, 11) is -2.11. The Labute approximate surface area is 95.7 Å². The Balaban J connectivity index is 2.32. The van der Waals surface area contributed by atoms with Crippen LogP contribution in [0.5, 0.6) is 0 Å². The summed E-state index contributed by atoms with van der Waals surface area (Å²) < 4.78 is 19.2. The van der Waals surface area contributed by atoms with E-state index in [2.05, 4.69) is 0 Å². The van der Waals surface area contributed by atoms with Crippen LogP contribution in [0.15, 0.2) is 0 Å². The third kappa shape index (κ3) is 4.76. The lowest BCUT2D eigenvalue weighted by Crippen LogP contribution is -2.37. The molecule has 1 saturated carbocycles. The Bertz CT molecular complexity index is 215. The molecular weight excluding hydrogens is 228 g/mol. The Hall–Kier alpha value is 0.287. The molecule has 2 atom stereocenters. The zero-order valence-corrected chi connectivity index (χ0v) is 11.3. The summed E-state index contributed by atoms with van der Waals surface area (Å²) in [4.78, 5) is 10.4. The van der Waals surface area contributed by atoms with Gasteiger partial charge in [0.05, 0.1) is 0 Å². The number of hydrogen-bond donors (Lipinski definition) is 2. The molecule has 1 rings (SSSR count). The minimum Gasteiger partial charge on any atom is -0.432 e. The molecule has 15 heavy (non-hydrogen) atoms. The fourth-order valence-electron chi connectivity index (χ4n) is 2.48. The van der Waals surface area contributed by atoms with E-state index in [4.69, 9.17) is 4.55 Å². The molecule has 1 fully saturated rings. The smallest absolute Gasteiger partial charge is 0.188 e. The SMILES string of the molecule is C[Si](O)(CCCS(=O)O)C1CCCCC1. The summed E-state index contributed by atoms with van der Waals surface area (Å²) in [5, 5.41) is 0. The van der Waals surface area contributed by atoms with Crippen molar-refractivity contribution in [1.82, 2.24) is 0 Å². The van der Waals surface area contributed by atoms with Crippen molar-refractivity contribution in [3.63, 3.8) is 0 Å². The normalized spacial score (nSPS) is 24.7. The van der Waals surface area contributed by atoms with Gasteiger partial charge in [0.15, 0.2) is 19.4 Å². The van der Waals surface area contributed by atoms with Crippen LogP contribution >= 0.6 is 0 Å². The highest BCUT2D eigenvalue weighted by Crippen LogP contribution is 2.37. The van der Waals surface area contributed by atoms with Crippen molar-refractivity contribution < 1.29 is 13.6 Å². The van der Waals surface area contributed by atoms with Crippen molar-refractivity contribution in [3.05, 3.63) is 0 Å². The summed E-state index contributed by atoms with van der Waals surface area (Å²) >= 11 is -1.69. The molecule has 0 bridgehead atoms. The molecule has 0 aromatic rings. The van der Waals surface area contributed by atoms with Gasteiger partial charge in [0.2, 0.25) is 0 Å². The quantitative estimate of drug-likeness (QED) is 0.582. The lowest BCUT2D eigenvalue weighted by molar-refractivity contribution is 0.428. The predicted molar refractivity (Wildman–Crippen MR) is 65.7 cm³/mol. The molecule has 0 radical (unpaired) electrons. The van der Waals surface area contributed by atoms with Gasteiger partial charge in [0, 0.05) is 5.75 Å². The average Bonchev–Trinajstić information content (AvgIpc) is 2.18. The van der Waals surface area contributed by atoms with Crippen LogP contribution in [0.2, 0.25) is 18.1 Å². The highest BCUT2D eigenvalue weighted by atomic mass is 32.2. The summed E-state index contributed by atoms with van der Waals surface area (Å²) in [6.45, 7) is 2.02. The van der Waals surface area contributed by atoms with Crippen LogP contribution < -0.4 is 0 Å². The third-order valence-corrected chi connectivity index (χ3v) is 7.83. The van der Waals surface area contributed by atoms with Crippen molar-refractivity contribution in [3.8, 4) is 0 Å².